The zero-order valence-electron chi connectivity index (χ0n) is 13.4. The number of hydrogen-bond donors (Lipinski definition) is 0. The summed E-state index contributed by atoms with van der Waals surface area (Å²) in [6.07, 6.45) is 4.95. The van der Waals surface area contributed by atoms with Gasteiger partial charge >= 0.3 is 0 Å². The zero-order valence-corrected chi connectivity index (χ0v) is 13.4. The molecule has 4 heteroatoms. The van der Waals surface area contributed by atoms with Gasteiger partial charge in [-0.25, -0.2) is 4.98 Å². The van der Waals surface area contributed by atoms with Gasteiger partial charge in [0, 0.05) is 25.2 Å². The van der Waals surface area contributed by atoms with Crippen molar-refractivity contribution in [3.63, 3.8) is 0 Å². The van der Waals surface area contributed by atoms with Crippen LogP contribution >= 0.6 is 0 Å². The summed E-state index contributed by atoms with van der Waals surface area (Å²) in [6, 6.07) is 14.0. The van der Waals surface area contributed by atoms with E-state index in [0.29, 0.717) is 17.4 Å². The van der Waals surface area contributed by atoms with E-state index >= 15 is 0 Å². The Balaban J connectivity index is 1.82. The number of hydrogen-bond acceptors (Lipinski definition) is 3. The molecule has 1 aromatic carbocycles. The number of methoxy groups -OCH3 is 1. The molecule has 1 atom stereocenters. The van der Waals surface area contributed by atoms with Gasteiger partial charge in [-0.2, -0.15) is 0 Å². The lowest BCUT2D eigenvalue weighted by molar-refractivity contribution is 0.0750. The molecule has 1 fully saturated rings. The number of carbonyl (C=O) groups is 1. The van der Waals surface area contributed by atoms with E-state index in [9.17, 15) is 4.79 Å². The van der Waals surface area contributed by atoms with Gasteiger partial charge in [-0.05, 0) is 30.5 Å². The van der Waals surface area contributed by atoms with Crippen LogP contribution in [0.3, 0.4) is 0 Å². The molecule has 1 saturated heterocycles. The van der Waals surface area contributed by atoms with E-state index in [0.717, 1.165) is 32.4 Å². The van der Waals surface area contributed by atoms with E-state index in [1.807, 2.05) is 11.0 Å². The van der Waals surface area contributed by atoms with E-state index in [1.54, 1.807) is 25.4 Å². The first-order valence-electron chi connectivity index (χ1n) is 8.13. The van der Waals surface area contributed by atoms with Crippen LogP contribution in [0.25, 0.3) is 0 Å². The Kier molecular flexibility index (Phi) is 4.91. The minimum atomic E-state index is 0.0118. The molecule has 1 unspecified atom stereocenters. The van der Waals surface area contributed by atoms with Crippen LogP contribution in [-0.4, -0.2) is 36.0 Å². The molecule has 1 aliphatic heterocycles. The predicted molar refractivity (Wildman–Crippen MR) is 89.7 cm³/mol. The molecule has 0 aliphatic carbocycles. The molecule has 3 rings (SSSR count). The second-order valence-electron chi connectivity index (χ2n) is 5.91. The van der Waals surface area contributed by atoms with E-state index in [-0.39, 0.29) is 5.91 Å². The Labute approximate surface area is 137 Å². The lowest BCUT2D eigenvalue weighted by Crippen LogP contribution is -2.34. The summed E-state index contributed by atoms with van der Waals surface area (Å²) in [5, 5.41) is 0. The first-order chi connectivity index (χ1) is 11.3. The van der Waals surface area contributed by atoms with Gasteiger partial charge in [0.15, 0.2) is 0 Å². The van der Waals surface area contributed by atoms with Crippen molar-refractivity contribution in [3.8, 4) is 5.88 Å². The first kappa shape index (κ1) is 15.5. The molecule has 4 nitrogen and oxygen atoms in total. The summed E-state index contributed by atoms with van der Waals surface area (Å²) in [5.74, 6) is 0.807. The topological polar surface area (TPSA) is 42.4 Å². The zero-order chi connectivity index (χ0) is 16.1. The second kappa shape index (κ2) is 7.27. The van der Waals surface area contributed by atoms with Crippen LogP contribution in [0.5, 0.6) is 5.88 Å². The van der Waals surface area contributed by atoms with Gasteiger partial charge < -0.3 is 9.64 Å². The maximum atomic E-state index is 12.9. The fourth-order valence-corrected chi connectivity index (χ4v) is 3.21. The highest BCUT2D eigenvalue weighted by Gasteiger charge is 2.25. The van der Waals surface area contributed by atoms with Crippen LogP contribution in [0.15, 0.2) is 48.7 Å². The molecule has 1 aromatic heterocycles. The van der Waals surface area contributed by atoms with Crippen LogP contribution in [0.1, 0.15) is 41.1 Å². The third-order valence-corrected chi connectivity index (χ3v) is 4.42. The highest BCUT2D eigenvalue weighted by atomic mass is 16.5. The van der Waals surface area contributed by atoms with Gasteiger partial charge in [-0.15, -0.1) is 0 Å². The molecular formula is C19H22N2O2. The fraction of sp³-hybridized carbons (Fsp3) is 0.368. The summed E-state index contributed by atoms with van der Waals surface area (Å²) in [5.41, 5.74) is 1.86. The van der Waals surface area contributed by atoms with E-state index in [4.69, 9.17) is 4.74 Å². The molecule has 2 aromatic rings. The van der Waals surface area contributed by atoms with Crippen molar-refractivity contribution in [2.45, 2.75) is 25.2 Å². The molecule has 2 heterocycles. The Morgan fingerprint density at radius 1 is 1.17 bits per heavy atom. The van der Waals surface area contributed by atoms with Gasteiger partial charge in [0.1, 0.15) is 5.56 Å². The van der Waals surface area contributed by atoms with Crippen molar-refractivity contribution >= 4 is 5.91 Å². The number of pyridine rings is 1. The number of likely N-dealkylation sites (tertiary alicyclic amines) is 1. The molecule has 0 N–H and O–H groups in total. The predicted octanol–water partition coefficient (Wildman–Crippen LogP) is 3.50. The Morgan fingerprint density at radius 2 is 2.00 bits per heavy atom. The standard InChI is InChI=1S/C19H22N2O2/c1-23-18-17(11-7-12-20-18)19(22)21-13-6-5-10-16(14-21)15-8-3-2-4-9-15/h2-4,7-9,11-12,16H,5-6,10,13-14H2,1H3. The second-order valence-corrected chi connectivity index (χ2v) is 5.91. The molecule has 0 bridgehead atoms. The van der Waals surface area contributed by atoms with Gasteiger partial charge in [-0.1, -0.05) is 36.8 Å². The molecule has 0 radical (unpaired) electrons. The van der Waals surface area contributed by atoms with Crippen molar-refractivity contribution < 1.29 is 9.53 Å². The molecule has 1 amide bonds. The largest absolute Gasteiger partial charge is 0.480 e. The van der Waals surface area contributed by atoms with Crippen LogP contribution in [0.4, 0.5) is 0 Å². The van der Waals surface area contributed by atoms with Crippen molar-refractivity contribution in [2.24, 2.45) is 0 Å². The average molecular weight is 310 g/mol. The molecule has 23 heavy (non-hydrogen) atoms. The van der Waals surface area contributed by atoms with Crippen LogP contribution < -0.4 is 4.74 Å². The highest BCUT2D eigenvalue weighted by molar-refractivity contribution is 5.96. The van der Waals surface area contributed by atoms with E-state index in [1.165, 1.54) is 5.56 Å². The number of rotatable bonds is 3. The third kappa shape index (κ3) is 3.52. The third-order valence-electron chi connectivity index (χ3n) is 4.42. The van der Waals surface area contributed by atoms with Crippen molar-refractivity contribution in [2.75, 3.05) is 20.2 Å². The van der Waals surface area contributed by atoms with Crippen molar-refractivity contribution in [3.05, 3.63) is 59.8 Å². The van der Waals surface area contributed by atoms with Crippen LogP contribution in [0.2, 0.25) is 0 Å². The van der Waals surface area contributed by atoms with Crippen molar-refractivity contribution in [1.29, 1.82) is 0 Å². The number of amides is 1. The summed E-state index contributed by atoms with van der Waals surface area (Å²) >= 11 is 0. The average Bonchev–Trinajstić information content (AvgIpc) is 2.88. The summed E-state index contributed by atoms with van der Waals surface area (Å²) in [7, 11) is 1.55. The van der Waals surface area contributed by atoms with E-state index < -0.39 is 0 Å². The summed E-state index contributed by atoms with van der Waals surface area (Å²) in [6.45, 7) is 1.54. The molecule has 120 valence electrons. The Bertz CT molecular complexity index is 657. The number of nitrogens with zero attached hydrogens (tertiary/aromatic N) is 2. The number of ether oxygens (including phenoxy) is 1. The minimum Gasteiger partial charge on any atom is -0.480 e. The minimum absolute atomic E-state index is 0.0118. The first-order valence-corrected chi connectivity index (χ1v) is 8.13. The number of benzene rings is 1. The van der Waals surface area contributed by atoms with Crippen LogP contribution in [0, 0.1) is 0 Å². The maximum Gasteiger partial charge on any atom is 0.259 e. The summed E-state index contributed by atoms with van der Waals surface area (Å²) in [4.78, 5) is 19.0. The normalized spacial score (nSPS) is 18.3. The lowest BCUT2D eigenvalue weighted by atomic mass is 9.94. The van der Waals surface area contributed by atoms with Gasteiger partial charge in [0.05, 0.1) is 7.11 Å². The molecule has 0 saturated carbocycles. The molecule has 1 aliphatic rings. The van der Waals surface area contributed by atoms with Gasteiger partial charge in [0.25, 0.3) is 5.91 Å². The quantitative estimate of drug-likeness (QED) is 0.871. The van der Waals surface area contributed by atoms with Crippen LogP contribution in [-0.2, 0) is 0 Å². The number of carbonyl (C=O) groups excluding carboxylic acids is 1. The fourth-order valence-electron chi connectivity index (χ4n) is 3.21. The van der Waals surface area contributed by atoms with E-state index in [2.05, 4.69) is 29.2 Å². The Morgan fingerprint density at radius 3 is 2.78 bits per heavy atom. The van der Waals surface area contributed by atoms with Gasteiger partial charge in [-0.3, -0.25) is 4.79 Å². The molecular weight excluding hydrogens is 288 g/mol. The summed E-state index contributed by atoms with van der Waals surface area (Å²) < 4.78 is 5.24. The number of aromatic nitrogens is 1. The maximum absolute atomic E-state index is 12.9. The Hall–Kier alpha value is -2.36. The lowest BCUT2D eigenvalue weighted by Gasteiger charge is -2.25. The molecule has 0 spiro atoms. The smallest absolute Gasteiger partial charge is 0.259 e. The van der Waals surface area contributed by atoms with Gasteiger partial charge in [0.2, 0.25) is 5.88 Å². The SMILES string of the molecule is COc1ncccc1C(=O)N1CCCCC(c2ccccc2)C1. The highest BCUT2D eigenvalue weighted by Crippen LogP contribution is 2.28. The monoisotopic (exact) mass is 310 g/mol. The van der Waals surface area contributed by atoms with Crippen molar-refractivity contribution in [1.82, 2.24) is 9.88 Å².